The number of fused-ring (bicyclic) bond motifs is 4. The Morgan fingerprint density at radius 1 is 0.533 bits per heavy atom. The Labute approximate surface area is 173 Å². The molecular weight excluding hydrogens is 370 g/mol. The quantitative estimate of drug-likeness (QED) is 0.702. The van der Waals surface area contributed by atoms with Crippen molar-refractivity contribution in [3.05, 3.63) is 120 Å². The Morgan fingerprint density at radius 2 is 1.13 bits per heavy atom. The lowest BCUT2D eigenvalue weighted by Crippen LogP contribution is -1.96. The van der Waals surface area contributed by atoms with Crippen molar-refractivity contribution in [2.45, 2.75) is 0 Å². The third-order valence-electron chi connectivity index (χ3n) is 5.01. The first kappa shape index (κ1) is 16.7. The second-order valence-corrected chi connectivity index (χ2v) is 7.18. The number of allylic oxidation sites excluding steroid dienone is 12. The molecular formula is C25H15N5. The fourth-order valence-electron chi connectivity index (χ4n) is 3.65. The maximum atomic E-state index is 4.84. The van der Waals surface area contributed by atoms with Gasteiger partial charge < -0.3 is 0 Å². The van der Waals surface area contributed by atoms with Gasteiger partial charge in [-0.2, -0.15) is 0 Å². The summed E-state index contributed by atoms with van der Waals surface area (Å²) in [5.74, 6) is 0. The highest BCUT2D eigenvalue weighted by Gasteiger charge is 2.18. The fourth-order valence-corrected chi connectivity index (χ4v) is 3.65. The molecule has 30 heavy (non-hydrogen) atoms. The van der Waals surface area contributed by atoms with Gasteiger partial charge in [0.2, 0.25) is 0 Å². The number of rotatable bonds is 1. The number of aromatic nitrogens is 1. The van der Waals surface area contributed by atoms with Crippen molar-refractivity contribution in [3.8, 4) is 0 Å². The van der Waals surface area contributed by atoms with Crippen LogP contribution in [0.3, 0.4) is 0 Å². The van der Waals surface area contributed by atoms with Crippen LogP contribution >= 0.6 is 0 Å². The first-order valence-corrected chi connectivity index (χ1v) is 9.67. The van der Waals surface area contributed by atoms with Gasteiger partial charge in [-0.05, 0) is 72.9 Å². The molecule has 1 aromatic rings. The fraction of sp³-hybridized carbons (Fsp3) is 0. The molecule has 0 unspecified atom stereocenters. The van der Waals surface area contributed by atoms with E-state index in [0.717, 1.165) is 56.8 Å². The van der Waals surface area contributed by atoms with Crippen molar-refractivity contribution in [2.75, 3.05) is 0 Å². The minimum atomic E-state index is 0.851. The molecule has 0 aliphatic carbocycles. The summed E-state index contributed by atoms with van der Waals surface area (Å²) >= 11 is 0. The molecule has 6 heterocycles. The zero-order valence-corrected chi connectivity index (χ0v) is 15.9. The molecule has 140 valence electrons. The van der Waals surface area contributed by atoms with Crippen molar-refractivity contribution >= 4 is 28.4 Å². The Kier molecular flexibility index (Phi) is 3.71. The van der Waals surface area contributed by atoms with Crippen molar-refractivity contribution in [1.82, 2.24) is 4.98 Å². The number of hydrogen-bond acceptors (Lipinski definition) is 5. The van der Waals surface area contributed by atoms with Gasteiger partial charge in [0.25, 0.3) is 0 Å². The molecule has 5 heteroatoms. The van der Waals surface area contributed by atoms with Crippen molar-refractivity contribution in [1.29, 1.82) is 0 Å². The molecule has 0 saturated heterocycles. The molecule has 0 N–H and O–H groups in total. The average Bonchev–Trinajstić information content (AvgIpc) is 3.53. The van der Waals surface area contributed by atoms with Crippen LogP contribution in [-0.2, 0) is 0 Å². The number of aliphatic imine (C=N–C) groups is 4. The van der Waals surface area contributed by atoms with Crippen LogP contribution < -0.4 is 0 Å². The first-order chi connectivity index (χ1) is 14.8. The van der Waals surface area contributed by atoms with Gasteiger partial charge in [0.05, 0.1) is 45.6 Å². The number of pyridine rings is 1. The van der Waals surface area contributed by atoms with Crippen LogP contribution in [0.2, 0.25) is 0 Å². The molecule has 0 amide bonds. The van der Waals surface area contributed by atoms with Gasteiger partial charge in [-0.1, -0.05) is 6.07 Å². The van der Waals surface area contributed by atoms with Gasteiger partial charge in [-0.3, -0.25) is 4.98 Å². The second kappa shape index (κ2) is 6.67. The summed E-state index contributed by atoms with van der Waals surface area (Å²) in [6, 6.07) is 3.97. The molecule has 5 nitrogen and oxygen atoms in total. The van der Waals surface area contributed by atoms with E-state index in [1.165, 1.54) is 0 Å². The van der Waals surface area contributed by atoms with E-state index < -0.39 is 0 Å². The normalized spacial score (nSPS) is 20.7. The van der Waals surface area contributed by atoms with E-state index in [1.54, 1.807) is 6.20 Å². The molecule has 5 aliphatic rings. The maximum absolute atomic E-state index is 4.84. The maximum Gasteiger partial charge on any atom is 0.0738 e. The van der Waals surface area contributed by atoms with Gasteiger partial charge in [0, 0.05) is 23.5 Å². The Morgan fingerprint density at radius 3 is 1.73 bits per heavy atom. The molecule has 5 aliphatic heterocycles. The van der Waals surface area contributed by atoms with Gasteiger partial charge in [0.15, 0.2) is 0 Å². The van der Waals surface area contributed by atoms with Crippen molar-refractivity contribution < 1.29 is 0 Å². The third kappa shape index (κ3) is 3.12. The summed E-state index contributed by atoms with van der Waals surface area (Å²) in [6.07, 6.45) is 25.6. The van der Waals surface area contributed by atoms with Crippen LogP contribution in [0, 0.1) is 0 Å². The number of nitrogens with zero attached hydrogens (tertiary/aromatic N) is 5. The standard InChI is InChI=1S/C25H15N5/c1-2-16(15-26-9-1)24-13-23-12-21-6-5-19(28-21)10-17-3-4-18(27-17)11-20-7-8-22(29-20)14-25(24)30-23/h1-15H. The topological polar surface area (TPSA) is 62.3 Å². The minimum absolute atomic E-state index is 0.851. The highest BCUT2D eigenvalue weighted by molar-refractivity contribution is 6.32. The highest BCUT2D eigenvalue weighted by atomic mass is 14.8. The van der Waals surface area contributed by atoms with Crippen LogP contribution in [0.15, 0.2) is 134 Å². The molecule has 1 aromatic heterocycles. The summed E-state index contributed by atoms with van der Waals surface area (Å²) in [5.41, 5.74) is 8.97. The van der Waals surface area contributed by atoms with Crippen LogP contribution in [0.4, 0.5) is 0 Å². The lowest BCUT2D eigenvalue weighted by atomic mass is 10.0. The molecule has 6 rings (SSSR count). The summed E-state index contributed by atoms with van der Waals surface area (Å²) in [5, 5.41) is 0. The summed E-state index contributed by atoms with van der Waals surface area (Å²) in [7, 11) is 0. The molecule has 0 spiro atoms. The van der Waals surface area contributed by atoms with Crippen LogP contribution in [0.5, 0.6) is 0 Å². The minimum Gasteiger partial charge on any atom is -0.264 e. The lowest BCUT2D eigenvalue weighted by molar-refractivity contribution is 1.31. The lowest BCUT2D eigenvalue weighted by Gasteiger charge is -2.02. The SMILES string of the molecule is C1=CC2=NC1=CC1=NC(=CC3=NC(=CC4=NC(=C2)C=C4)C=C3c2cccnc2)C=C1. The van der Waals surface area contributed by atoms with E-state index in [-0.39, 0.29) is 0 Å². The first-order valence-electron chi connectivity index (χ1n) is 9.67. The van der Waals surface area contributed by atoms with E-state index in [0.29, 0.717) is 0 Å². The van der Waals surface area contributed by atoms with Crippen molar-refractivity contribution in [2.24, 2.45) is 20.0 Å². The van der Waals surface area contributed by atoms with Gasteiger partial charge in [-0.15, -0.1) is 0 Å². The predicted octanol–water partition coefficient (Wildman–Crippen LogP) is 4.50. The Hall–Kier alpha value is -4.25. The molecule has 0 radical (unpaired) electrons. The average molecular weight is 385 g/mol. The monoisotopic (exact) mass is 385 g/mol. The predicted molar refractivity (Wildman–Crippen MR) is 122 cm³/mol. The van der Waals surface area contributed by atoms with Gasteiger partial charge in [-0.25, -0.2) is 20.0 Å². The van der Waals surface area contributed by atoms with Crippen LogP contribution in [0.1, 0.15) is 5.56 Å². The molecule has 0 fully saturated rings. The van der Waals surface area contributed by atoms with E-state index in [1.807, 2.05) is 79.1 Å². The van der Waals surface area contributed by atoms with E-state index in [4.69, 9.17) is 9.98 Å². The summed E-state index contributed by atoms with van der Waals surface area (Å²) < 4.78 is 0. The zero-order valence-electron chi connectivity index (χ0n) is 15.9. The van der Waals surface area contributed by atoms with E-state index in [9.17, 15) is 0 Å². The van der Waals surface area contributed by atoms with E-state index >= 15 is 0 Å². The second-order valence-electron chi connectivity index (χ2n) is 7.18. The smallest absolute Gasteiger partial charge is 0.0738 e. The zero-order chi connectivity index (χ0) is 19.9. The van der Waals surface area contributed by atoms with E-state index in [2.05, 4.69) is 21.0 Å². The highest BCUT2D eigenvalue weighted by Crippen LogP contribution is 2.28. The summed E-state index contributed by atoms with van der Waals surface area (Å²) in [6.45, 7) is 0. The van der Waals surface area contributed by atoms with Crippen LogP contribution in [-0.4, -0.2) is 27.8 Å². The largest absolute Gasteiger partial charge is 0.264 e. The third-order valence-corrected chi connectivity index (χ3v) is 5.01. The Balaban J connectivity index is 1.51. The van der Waals surface area contributed by atoms with Gasteiger partial charge in [0.1, 0.15) is 0 Å². The van der Waals surface area contributed by atoms with Crippen molar-refractivity contribution in [3.63, 3.8) is 0 Å². The Bertz CT molecular complexity index is 1350. The summed E-state index contributed by atoms with van der Waals surface area (Å²) in [4.78, 5) is 23.1. The number of hydrogen-bond donors (Lipinski definition) is 0. The van der Waals surface area contributed by atoms with Crippen LogP contribution in [0.25, 0.3) is 5.57 Å². The molecule has 0 aromatic carbocycles. The molecule has 0 saturated carbocycles. The molecule has 0 atom stereocenters. The van der Waals surface area contributed by atoms with Gasteiger partial charge >= 0.3 is 0 Å². The molecule has 8 bridgehead atoms.